The molecule has 0 saturated heterocycles. The van der Waals surface area contributed by atoms with Crippen LogP contribution in [0.2, 0.25) is 0 Å². The van der Waals surface area contributed by atoms with Crippen molar-refractivity contribution >= 4 is 10.0 Å². The Hall–Kier alpha value is -1.11. The highest BCUT2D eigenvalue weighted by Crippen LogP contribution is 2.26. The summed E-state index contributed by atoms with van der Waals surface area (Å²) in [5.41, 5.74) is 0.369. The number of ether oxygens (including phenoxy) is 1. The molecule has 0 radical (unpaired) electrons. The minimum atomic E-state index is -3.69. The number of rotatable bonds is 6. The number of aliphatic hydroxyl groups excluding tert-OH is 1. The van der Waals surface area contributed by atoms with Crippen molar-refractivity contribution in [1.29, 1.82) is 0 Å². The predicted octanol–water partition coefficient (Wildman–Crippen LogP) is 1.75. The Kier molecular flexibility index (Phi) is 5.18. The number of benzene rings is 1. The molecule has 0 saturated carbocycles. The summed E-state index contributed by atoms with van der Waals surface area (Å²) >= 11 is 0. The lowest BCUT2D eigenvalue weighted by Gasteiger charge is -2.27. The van der Waals surface area contributed by atoms with Gasteiger partial charge in [0.1, 0.15) is 5.75 Å². The van der Waals surface area contributed by atoms with Gasteiger partial charge in [0.25, 0.3) is 0 Å². The van der Waals surface area contributed by atoms with Crippen LogP contribution >= 0.6 is 0 Å². The van der Waals surface area contributed by atoms with E-state index in [1.165, 1.54) is 0 Å². The molecular weight excluding hydrogens is 278 g/mol. The Labute approximate surface area is 121 Å². The van der Waals surface area contributed by atoms with Gasteiger partial charge in [-0.1, -0.05) is 6.92 Å². The molecule has 0 heterocycles. The smallest absolute Gasteiger partial charge is 0.241 e. The van der Waals surface area contributed by atoms with Gasteiger partial charge in [-0.05, 0) is 50.5 Å². The second kappa shape index (κ2) is 6.11. The molecule has 1 rings (SSSR count). The average Bonchev–Trinajstić information content (AvgIpc) is 2.36. The molecule has 1 aromatic rings. The molecule has 20 heavy (non-hydrogen) atoms. The summed E-state index contributed by atoms with van der Waals surface area (Å²) in [6.07, 6.45) is 0.497. The summed E-state index contributed by atoms with van der Waals surface area (Å²) in [5, 5.41) is 9.37. The Balaban J connectivity index is 3.30. The molecule has 1 aromatic carbocycles. The predicted molar refractivity (Wildman–Crippen MR) is 78.6 cm³/mol. The van der Waals surface area contributed by atoms with E-state index < -0.39 is 15.6 Å². The molecule has 0 aliphatic carbocycles. The molecule has 6 heteroatoms. The van der Waals surface area contributed by atoms with E-state index in [9.17, 15) is 13.5 Å². The lowest BCUT2D eigenvalue weighted by atomic mass is 10.0. The summed E-state index contributed by atoms with van der Waals surface area (Å²) in [7, 11) is -2.15. The molecule has 0 aliphatic rings. The molecule has 1 atom stereocenters. The van der Waals surface area contributed by atoms with Crippen LogP contribution in [0.5, 0.6) is 5.75 Å². The number of sulfonamides is 1. The molecule has 0 aliphatic heterocycles. The number of aliphatic hydroxyl groups is 1. The summed E-state index contributed by atoms with van der Waals surface area (Å²) in [6.45, 7) is 6.71. The average molecular weight is 301 g/mol. The number of methoxy groups -OCH3 is 1. The lowest BCUT2D eigenvalue weighted by Crippen LogP contribution is -2.48. The molecule has 0 aromatic heterocycles. The van der Waals surface area contributed by atoms with Gasteiger partial charge in [0.05, 0.1) is 24.2 Å². The van der Waals surface area contributed by atoms with Gasteiger partial charge in [0.2, 0.25) is 10.0 Å². The van der Waals surface area contributed by atoms with Crippen LogP contribution in [0.4, 0.5) is 0 Å². The van der Waals surface area contributed by atoms with E-state index in [2.05, 4.69) is 4.72 Å². The highest BCUT2D eigenvalue weighted by Gasteiger charge is 2.30. The van der Waals surface area contributed by atoms with Crippen LogP contribution in [0, 0.1) is 13.8 Å². The zero-order chi connectivity index (χ0) is 15.6. The first-order chi connectivity index (χ1) is 9.19. The Morgan fingerprint density at radius 1 is 1.30 bits per heavy atom. The minimum Gasteiger partial charge on any atom is -0.497 e. The normalized spacial score (nSPS) is 14.9. The largest absolute Gasteiger partial charge is 0.497 e. The topological polar surface area (TPSA) is 75.6 Å². The maximum absolute atomic E-state index is 12.5. The van der Waals surface area contributed by atoms with Gasteiger partial charge in [-0.25, -0.2) is 13.1 Å². The lowest BCUT2D eigenvalue weighted by molar-refractivity contribution is 0.191. The first kappa shape index (κ1) is 16.9. The second-order valence-corrected chi connectivity index (χ2v) is 6.89. The van der Waals surface area contributed by atoms with Gasteiger partial charge in [0.15, 0.2) is 0 Å². The third kappa shape index (κ3) is 3.50. The van der Waals surface area contributed by atoms with Gasteiger partial charge in [-0.3, -0.25) is 0 Å². The van der Waals surface area contributed by atoms with E-state index in [1.54, 1.807) is 40.0 Å². The molecule has 0 amide bonds. The maximum atomic E-state index is 12.5. The SMILES string of the molecule is CCC(C)(CO)NS(=O)(=O)c1c(C)cc(OC)cc1C. The van der Waals surface area contributed by atoms with Gasteiger partial charge >= 0.3 is 0 Å². The number of aryl methyl sites for hydroxylation is 2. The van der Waals surface area contributed by atoms with Gasteiger partial charge in [-0.2, -0.15) is 0 Å². The third-order valence-corrected chi connectivity index (χ3v) is 5.39. The van der Waals surface area contributed by atoms with E-state index in [0.29, 0.717) is 23.3 Å². The van der Waals surface area contributed by atoms with E-state index in [1.807, 2.05) is 6.92 Å². The zero-order valence-corrected chi connectivity index (χ0v) is 13.5. The van der Waals surface area contributed by atoms with Crippen LogP contribution in [0.1, 0.15) is 31.4 Å². The van der Waals surface area contributed by atoms with E-state index in [-0.39, 0.29) is 11.5 Å². The van der Waals surface area contributed by atoms with Crippen molar-refractivity contribution in [3.63, 3.8) is 0 Å². The standard InChI is InChI=1S/C14H23NO4S/c1-6-14(4,9-16)15-20(17,18)13-10(2)7-12(19-5)8-11(13)3/h7-8,15-16H,6,9H2,1-5H3. The first-order valence-corrected chi connectivity index (χ1v) is 7.97. The fourth-order valence-electron chi connectivity index (χ4n) is 2.04. The van der Waals surface area contributed by atoms with Crippen molar-refractivity contribution in [3.8, 4) is 5.75 Å². The minimum absolute atomic E-state index is 0.242. The van der Waals surface area contributed by atoms with Gasteiger partial charge in [-0.15, -0.1) is 0 Å². The van der Waals surface area contributed by atoms with Crippen molar-refractivity contribution in [3.05, 3.63) is 23.3 Å². The molecule has 1 unspecified atom stereocenters. The summed E-state index contributed by atoms with van der Waals surface area (Å²) in [5.74, 6) is 0.624. The highest BCUT2D eigenvalue weighted by molar-refractivity contribution is 7.89. The second-order valence-electron chi connectivity index (χ2n) is 5.27. The van der Waals surface area contributed by atoms with Crippen LogP contribution in [0.25, 0.3) is 0 Å². The van der Waals surface area contributed by atoms with E-state index in [4.69, 9.17) is 4.74 Å². The first-order valence-electron chi connectivity index (χ1n) is 6.49. The van der Waals surface area contributed by atoms with E-state index >= 15 is 0 Å². The van der Waals surface area contributed by atoms with Crippen LogP contribution < -0.4 is 9.46 Å². The molecular formula is C14H23NO4S. The summed E-state index contributed by atoms with van der Waals surface area (Å²) in [4.78, 5) is 0.242. The Bertz CT molecular complexity index is 554. The molecule has 0 bridgehead atoms. The third-order valence-electron chi connectivity index (χ3n) is 3.45. The zero-order valence-electron chi connectivity index (χ0n) is 12.6. The number of hydrogen-bond acceptors (Lipinski definition) is 4. The molecule has 5 nitrogen and oxygen atoms in total. The summed E-state index contributed by atoms with van der Waals surface area (Å²) < 4.78 is 32.8. The van der Waals surface area contributed by atoms with Crippen LogP contribution in [0.3, 0.4) is 0 Å². The Morgan fingerprint density at radius 2 is 1.80 bits per heavy atom. The Morgan fingerprint density at radius 3 is 2.15 bits per heavy atom. The van der Waals surface area contributed by atoms with Crippen molar-refractivity contribution in [2.24, 2.45) is 0 Å². The fourth-order valence-corrected chi connectivity index (χ4v) is 3.97. The monoisotopic (exact) mass is 301 g/mol. The van der Waals surface area contributed by atoms with E-state index in [0.717, 1.165) is 0 Å². The van der Waals surface area contributed by atoms with Crippen molar-refractivity contribution in [1.82, 2.24) is 4.72 Å². The summed E-state index contributed by atoms with van der Waals surface area (Å²) in [6, 6.07) is 3.37. The highest BCUT2D eigenvalue weighted by atomic mass is 32.2. The van der Waals surface area contributed by atoms with Crippen LogP contribution in [0.15, 0.2) is 17.0 Å². The fraction of sp³-hybridized carbons (Fsp3) is 0.571. The maximum Gasteiger partial charge on any atom is 0.241 e. The molecule has 114 valence electrons. The number of nitrogens with one attached hydrogen (secondary N) is 1. The molecule has 0 fully saturated rings. The van der Waals surface area contributed by atoms with Crippen molar-refractivity contribution in [2.75, 3.05) is 13.7 Å². The van der Waals surface area contributed by atoms with Crippen molar-refractivity contribution < 1.29 is 18.3 Å². The van der Waals surface area contributed by atoms with Gasteiger partial charge < -0.3 is 9.84 Å². The number of hydrogen-bond donors (Lipinski definition) is 2. The molecule has 0 spiro atoms. The van der Waals surface area contributed by atoms with Gasteiger partial charge in [0, 0.05) is 0 Å². The van der Waals surface area contributed by atoms with Crippen LogP contribution in [-0.4, -0.2) is 32.8 Å². The van der Waals surface area contributed by atoms with Crippen LogP contribution in [-0.2, 0) is 10.0 Å². The van der Waals surface area contributed by atoms with Crippen molar-refractivity contribution in [2.45, 2.75) is 44.6 Å². The quantitative estimate of drug-likeness (QED) is 0.839. The molecule has 2 N–H and O–H groups in total.